The molecule has 0 bridgehead atoms. The van der Waals surface area contributed by atoms with Crippen molar-refractivity contribution in [1.82, 2.24) is 15.3 Å². The SMILES string of the molecule is O=C(Nc1ccccc1Cl)Nc1cc2ccccc2cc1C(=O)NC(Cc1cnc[nH]1)C(=O)O. The zero-order valence-corrected chi connectivity index (χ0v) is 18.5. The average molecular weight is 478 g/mol. The highest BCUT2D eigenvalue weighted by Crippen LogP contribution is 2.26. The first-order valence-corrected chi connectivity index (χ1v) is 10.6. The monoisotopic (exact) mass is 477 g/mol. The number of rotatable bonds is 7. The first kappa shape index (κ1) is 22.8. The van der Waals surface area contributed by atoms with E-state index in [-0.39, 0.29) is 17.7 Å². The molecule has 4 rings (SSSR count). The van der Waals surface area contributed by atoms with Crippen LogP contribution in [0.3, 0.4) is 0 Å². The number of para-hydroxylation sites is 1. The van der Waals surface area contributed by atoms with Crippen molar-refractivity contribution in [1.29, 1.82) is 0 Å². The lowest BCUT2D eigenvalue weighted by Crippen LogP contribution is -2.42. The Hall–Kier alpha value is -4.37. The summed E-state index contributed by atoms with van der Waals surface area (Å²) in [6.07, 6.45) is 2.94. The number of imidazole rings is 1. The van der Waals surface area contributed by atoms with E-state index in [1.54, 1.807) is 36.4 Å². The third-order valence-corrected chi connectivity index (χ3v) is 5.41. The molecule has 10 heteroatoms. The number of hydrogen-bond donors (Lipinski definition) is 5. The van der Waals surface area contributed by atoms with E-state index in [1.807, 2.05) is 24.3 Å². The molecule has 34 heavy (non-hydrogen) atoms. The summed E-state index contributed by atoms with van der Waals surface area (Å²) in [6.45, 7) is 0. The van der Waals surface area contributed by atoms with Crippen molar-refractivity contribution < 1.29 is 19.5 Å². The number of fused-ring (bicyclic) bond motifs is 1. The standard InChI is InChI=1S/C24H20ClN5O4/c25-18-7-3-4-8-19(18)29-24(34)30-20-10-15-6-2-1-5-14(15)9-17(20)22(31)28-21(23(32)33)11-16-12-26-13-27-16/h1-10,12-13,21H,11H2,(H,26,27)(H,28,31)(H,32,33)(H2,29,30,34). The molecule has 4 aromatic rings. The van der Waals surface area contributed by atoms with Gasteiger partial charge in [0.25, 0.3) is 5.91 Å². The van der Waals surface area contributed by atoms with E-state index < -0.39 is 23.9 Å². The molecule has 0 radical (unpaired) electrons. The minimum absolute atomic E-state index is 0.0183. The van der Waals surface area contributed by atoms with E-state index in [1.165, 1.54) is 12.5 Å². The second-order valence-electron chi connectivity index (χ2n) is 7.45. The van der Waals surface area contributed by atoms with Crippen molar-refractivity contribution in [3.63, 3.8) is 0 Å². The van der Waals surface area contributed by atoms with E-state index in [0.29, 0.717) is 16.4 Å². The Bertz CT molecular complexity index is 1360. The molecule has 1 atom stereocenters. The van der Waals surface area contributed by atoms with Crippen molar-refractivity contribution in [2.24, 2.45) is 0 Å². The molecule has 0 aliphatic rings. The van der Waals surface area contributed by atoms with Crippen LogP contribution >= 0.6 is 11.6 Å². The third kappa shape index (κ3) is 5.33. The van der Waals surface area contributed by atoms with Crippen LogP contribution in [-0.2, 0) is 11.2 Å². The van der Waals surface area contributed by atoms with Crippen LogP contribution in [0, 0.1) is 0 Å². The van der Waals surface area contributed by atoms with Crippen LogP contribution in [0.5, 0.6) is 0 Å². The number of benzene rings is 3. The van der Waals surface area contributed by atoms with E-state index in [4.69, 9.17) is 11.6 Å². The Morgan fingerprint density at radius 1 is 0.971 bits per heavy atom. The van der Waals surface area contributed by atoms with E-state index >= 15 is 0 Å². The molecule has 3 aromatic carbocycles. The summed E-state index contributed by atoms with van der Waals surface area (Å²) < 4.78 is 0. The summed E-state index contributed by atoms with van der Waals surface area (Å²) in [6, 6.07) is 15.5. The Balaban J connectivity index is 1.61. The quantitative estimate of drug-likeness (QED) is 0.270. The molecule has 0 aliphatic heterocycles. The second kappa shape index (κ2) is 10.1. The largest absolute Gasteiger partial charge is 0.480 e. The number of aliphatic carboxylic acids is 1. The van der Waals surface area contributed by atoms with Gasteiger partial charge in [-0.15, -0.1) is 0 Å². The van der Waals surface area contributed by atoms with Crippen LogP contribution in [0.2, 0.25) is 5.02 Å². The van der Waals surface area contributed by atoms with Crippen LogP contribution in [0.25, 0.3) is 10.8 Å². The lowest BCUT2D eigenvalue weighted by molar-refractivity contribution is -0.139. The number of aromatic amines is 1. The van der Waals surface area contributed by atoms with Gasteiger partial charge < -0.3 is 26.0 Å². The topological polar surface area (TPSA) is 136 Å². The first-order chi connectivity index (χ1) is 16.4. The number of nitrogens with zero attached hydrogens (tertiary/aromatic N) is 1. The van der Waals surface area contributed by atoms with Gasteiger partial charge in [-0.3, -0.25) is 4.79 Å². The second-order valence-corrected chi connectivity index (χ2v) is 7.86. The molecule has 3 amide bonds. The van der Waals surface area contributed by atoms with Gasteiger partial charge in [-0.05, 0) is 35.0 Å². The summed E-state index contributed by atoms with van der Waals surface area (Å²) in [7, 11) is 0. The zero-order valence-electron chi connectivity index (χ0n) is 17.7. The van der Waals surface area contributed by atoms with Gasteiger partial charge in [0.2, 0.25) is 0 Å². The Morgan fingerprint density at radius 2 is 1.65 bits per heavy atom. The predicted molar refractivity (Wildman–Crippen MR) is 129 cm³/mol. The van der Waals surface area contributed by atoms with Crippen LogP contribution in [-0.4, -0.2) is 39.0 Å². The van der Waals surface area contributed by atoms with Gasteiger partial charge in [0.1, 0.15) is 6.04 Å². The van der Waals surface area contributed by atoms with Crippen LogP contribution in [0.1, 0.15) is 16.1 Å². The summed E-state index contributed by atoms with van der Waals surface area (Å²) in [4.78, 5) is 44.3. The van der Waals surface area contributed by atoms with Gasteiger partial charge in [0.15, 0.2) is 0 Å². The van der Waals surface area contributed by atoms with Gasteiger partial charge in [0, 0.05) is 18.3 Å². The van der Waals surface area contributed by atoms with Crippen molar-refractivity contribution in [3.05, 3.63) is 89.5 Å². The predicted octanol–water partition coefficient (Wildman–Crippen LogP) is 4.29. The maximum absolute atomic E-state index is 13.2. The Labute approximate surface area is 199 Å². The van der Waals surface area contributed by atoms with E-state index in [9.17, 15) is 19.5 Å². The van der Waals surface area contributed by atoms with Gasteiger partial charge in [-0.2, -0.15) is 0 Å². The lowest BCUT2D eigenvalue weighted by Gasteiger charge is -2.17. The van der Waals surface area contributed by atoms with Crippen molar-refractivity contribution in [3.8, 4) is 0 Å². The number of aromatic nitrogens is 2. The number of H-pyrrole nitrogens is 1. The molecular formula is C24H20ClN5O4. The van der Waals surface area contributed by atoms with Gasteiger partial charge in [0.05, 0.1) is 28.3 Å². The molecule has 0 fully saturated rings. The number of hydrogen-bond acceptors (Lipinski definition) is 4. The van der Waals surface area contributed by atoms with Crippen molar-refractivity contribution >= 4 is 51.7 Å². The number of nitrogens with one attached hydrogen (secondary N) is 4. The molecular weight excluding hydrogens is 458 g/mol. The van der Waals surface area contributed by atoms with E-state index in [0.717, 1.165) is 10.8 Å². The van der Waals surface area contributed by atoms with Gasteiger partial charge in [-0.1, -0.05) is 48.0 Å². The number of urea groups is 1. The molecule has 5 N–H and O–H groups in total. The van der Waals surface area contributed by atoms with Gasteiger partial charge >= 0.3 is 12.0 Å². The molecule has 1 heterocycles. The van der Waals surface area contributed by atoms with Crippen LogP contribution < -0.4 is 16.0 Å². The highest BCUT2D eigenvalue weighted by molar-refractivity contribution is 6.33. The van der Waals surface area contributed by atoms with Crippen molar-refractivity contribution in [2.75, 3.05) is 10.6 Å². The fourth-order valence-corrected chi connectivity index (χ4v) is 3.61. The summed E-state index contributed by atoms with van der Waals surface area (Å²) >= 11 is 6.11. The minimum Gasteiger partial charge on any atom is -0.480 e. The maximum Gasteiger partial charge on any atom is 0.326 e. The number of amides is 3. The summed E-state index contributed by atoms with van der Waals surface area (Å²) in [5.74, 6) is -1.85. The Kier molecular flexibility index (Phi) is 6.74. The molecule has 0 aliphatic carbocycles. The smallest absolute Gasteiger partial charge is 0.326 e. The third-order valence-electron chi connectivity index (χ3n) is 5.08. The molecule has 172 valence electrons. The number of carboxylic acids is 1. The highest BCUT2D eigenvalue weighted by Gasteiger charge is 2.24. The fourth-order valence-electron chi connectivity index (χ4n) is 3.42. The van der Waals surface area contributed by atoms with E-state index in [2.05, 4.69) is 25.9 Å². The number of halogens is 1. The number of anilines is 2. The first-order valence-electron chi connectivity index (χ1n) is 10.3. The molecule has 9 nitrogen and oxygen atoms in total. The average Bonchev–Trinajstić information content (AvgIpc) is 3.33. The summed E-state index contributed by atoms with van der Waals surface area (Å²) in [5.41, 5.74) is 1.29. The molecule has 1 aromatic heterocycles. The number of carbonyl (C=O) groups is 3. The zero-order chi connectivity index (χ0) is 24.1. The number of carboxylic acid groups (broad SMARTS) is 1. The van der Waals surface area contributed by atoms with Crippen LogP contribution in [0.4, 0.5) is 16.2 Å². The number of carbonyl (C=O) groups excluding carboxylic acids is 2. The minimum atomic E-state index is -1.20. The molecule has 0 spiro atoms. The Morgan fingerprint density at radius 3 is 2.32 bits per heavy atom. The molecule has 1 unspecified atom stereocenters. The van der Waals surface area contributed by atoms with Gasteiger partial charge in [-0.25, -0.2) is 14.6 Å². The maximum atomic E-state index is 13.2. The van der Waals surface area contributed by atoms with Crippen LogP contribution in [0.15, 0.2) is 73.2 Å². The summed E-state index contributed by atoms with van der Waals surface area (Å²) in [5, 5.41) is 19.4. The fraction of sp³-hybridized carbons (Fsp3) is 0.0833. The normalized spacial score (nSPS) is 11.6. The molecule has 0 saturated carbocycles. The lowest BCUT2D eigenvalue weighted by atomic mass is 10.0. The van der Waals surface area contributed by atoms with Crippen molar-refractivity contribution in [2.45, 2.75) is 12.5 Å². The highest BCUT2D eigenvalue weighted by atomic mass is 35.5. The molecule has 0 saturated heterocycles.